The number of anilines is 1. The number of allylic oxidation sites excluding steroid dienone is 1. The molecule has 1 aromatic rings. The average Bonchev–Trinajstić information content (AvgIpc) is 2.60. The van der Waals surface area contributed by atoms with Crippen LogP contribution in [-0.2, 0) is 9.53 Å². The van der Waals surface area contributed by atoms with Crippen LogP contribution >= 0.6 is 0 Å². The number of carbonyl (C=O) groups excluding carboxylic acids is 1. The molecule has 0 amide bonds. The van der Waals surface area contributed by atoms with Crippen molar-refractivity contribution in [3.8, 4) is 0 Å². The van der Waals surface area contributed by atoms with E-state index in [-0.39, 0.29) is 5.97 Å². The van der Waals surface area contributed by atoms with Crippen molar-refractivity contribution in [2.75, 3.05) is 18.5 Å². The summed E-state index contributed by atoms with van der Waals surface area (Å²) < 4.78 is 5.10. The first kappa shape index (κ1) is 12.7. The van der Waals surface area contributed by atoms with Crippen LogP contribution in [-0.4, -0.2) is 19.1 Å². The number of carbonyl (C=O) groups is 1. The van der Waals surface area contributed by atoms with Gasteiger partial charge in [-0.15, -0.1) is 0 Å². The van der Waals surface area contributed by atoms with Gasteiger partial charge in [0.2, 0.25) is 0 Å². The number of hydrogen-bond donors (Lipinski definition) is 1. The highest BCUT2D eigenvalue weighted by molar-refractivity contribution is 5.98. The zero-order chi connectivity index (χ0) is 13.0. The minimum absolute atomic E-state index is 0.204. The summed E-state index contributed by atoms with van der Waals surface area (Å²) in [4.78, 5) is 11.9. The predicted octanol–water partition coefficient (Wildman–Crippen LogP) is 3.23. The summed E-state index contributed by atoms with van der Waals surface area (Å²) in [6, 6.07) is 8.13. The van der Waals surface area contributed by atoms with Crippen LogP contribution in [0, 0.1) is 0 Å². The number of rotatable bonds is 2. The number of hydrogen-bond acceptors (Lipinski definition) is 3. The lowest BCUT2D eigenvalue weighted by Crippen LogP contribution is -2.07. The summed E-state index contributed by atoms with van der Waals surface area (Å²) in [5.74, 6) is -0.204. The van der Waals surface area contributed by atoms with Gasteiger partial charge in [0.05, 0.1) is 6.61 Å². The zero-order valence-corrected chi connectivity index (χ0v) is 11.0. The van der Waals surface area contributed by atoms with E-state index in [9.17, 15) is 4.79 Å². The third kappa shape index (κ3) is 2.55. The van der Waals surface area contributed by atoms with Gasteiger partial charge in [-0.25, -0.2) is 4.79 Å². The maximum Gasteiger partial charge on any atom is 0.333 e. The van der Waals surface area contributed by atoms with Crippen LogP contribution in [0.4, 0.5) is 5.69 Å². The second kappa shape index (κ2) is 5.71. The maximum atomic E-state index is 11.9. The molecule has 96 valence electrons. The van der Waals surface area contributed by atoms with Gasteiger partial charge in [0.1, 0.15) is 0 Å². The van der Waals surface area contributed by atoms with Crippen molar-refractivity contribution in [2.24, 2.45) is 0 Å². The van der Waals surface area contributed by atoms with E-state index in [0.717, 1.165) is 41.8 Å². The second-order valence-electron chi connectivity index (χ2n) is 4.40. The molecule has 1 aliphatic rings. The number of benzene rings is 1. The molecule has 1 heterocycles. The summed E-state index contributed by atoms with van der Waals surface area (Å²) in [5.41, 5.74) is 4.07. The molecule has 0 atom stereocenters. The fourth-order valence-corrected chi connectivity index (χ4v) is 2.28. The van der Waals surface area contributed by atoms with Crippen LogP contribution in [0.5, 0.6) is 0 Å². The van der Waals surface area contributed by atoms with Crippen molar-refractivity contribution in [1.29, 1.82) is 0 Å². The largest absolute Gasteiger partial charge is 0.463 e. The molecular weight excluding hydrogens is 226 g/mol. The van der Waals surface area contributed by atoms with Gasteiger partial charge in [-0.3, -0.25) is 0 Å². The van der Waals surface area contributed by atoms with Crippen LogP contribution in [0.3, 0.4) is 0 Å². The average molecular weight is 245 g/mol. The van der Waals surface area contributed by atoms with Crippen molar-refractivity contribution in [1.82, 2.24) is 0 Å². The summed E-state index contributed by atoms with van der Waals surface area (Å²) in [7, 11) is 0. The Morgan fingerprint density at radius 3 is 2.94 bits per heavy atom. The summed E-state index contributed by atoms with van der Waals surface area (Å²) in [6.07, 6.45) is 1.94. The molecule has 0 aromatic heterocycles. The minimum atomic E-state index is -0.204. The van der Waals surface area contributed by atoms with Crippen molar-refractivity contribution >= 4 is 17.2 Å². The Kier molecular flexibility index (Phi) is 4.03. The lowest BCUT2D eigenvalue weighted by molar-refractivity contribution is -0.138. The molecule has 1 aromatic carbocycles. The Balaban J connectivity index is 2.44. The van der Waals surface area contributed by atoms with Gasteiger partial charge in [0.25, 0.3) is 0 Å². The third-order valence-electron chi connectivity index (χ3n) is 3.21. The quantitative estimate of drug-likeness (QED) is 0.642. The molecule has 2 rings (SSSR count). The van der Waals surface area contributed by atoms with E-state index >= 15 is 0 Å². The number of esters is 1. The zero-order valence-electron chi connectivity index (χ0n) is 11.0. The van der Waals surface area contributed by atoms with Gasteiger partial charge in [0, 0.05) is 23.4 Å². The fraction of sp³-hybridized carbons (Fsp3) is 0.400. The molecule has 0 spiro atoms. The van der Waals surface area contributed by atoms with Gasteiger partial charge in [0.15, 0.2) is 0 Å². The van der Waals surface area contributed by atoms with Crippen LogP contribution in [0.15, 0.2) is 29.8 Å². The van der Waals surface area contributed by atoms with E-state index in [4.69, 9.17) is 4.74 Å². The molecule has 0 saturated heterocycles. The SMILES string of the molecule is CCOC(=O)/C(C)=C1/CCCNc2ccccc21. The van der Waals surface area contributed by atoms with Crippen LogP contribution in [0.1, 0.15) is 32.3 Å². The van der Waals surface area contributed by atoms with Gasteiger partial charge >= 0.3 is 5.97 Å². The molecule has 3 nitrogen and oxygen atoms in total. The van der Waals surface area contributed by atoms with E-state index in [1.54, 1.807) is 0 Å². The minimum Gasteiger partial charge on any atom is -0.463 e. The molecule has 0 bridgehead atoms. The monoisotopic (exact) mass is 245 g/mol. The lowest BCUT2D eigenvalue weighted by Gasteiger charge is -2.12. The number of nitrogens with one attached hydrogen (secondary N) is 1. The van der Waals surface area contributed by atoms with E-state index in [2.05, 4.69) is 17.4 Å². The van der Waals surface area contributed by atoms with E-state index in [1.165, 1.54) is 0 Å². The van der Waals surface area contributed by atoms with Crippen molar-refractivity contribution in [3.63, 3.8) is 0 Å². The first-order valence-electron chi connectivity index (χ1n) is 6.44. The molecular formula is C15H19NO2. The van der Waals surface area contributed by atoms with Crippen LogP contribution in [0.25, 0.3) is 5.57 Å². The van der Waals surface area contributed by atoms with Gasteiger partial charge in [-0.1, -0.05) is 18.2 Å². The summed E-state index contributed by atoms with van der Waals surface area (Å²) in [5, 5.41) is 3.39. The van der Waals surface area contributed by atoms with E-state index in [0.29, 0.717) is 6.61 Å². The predicted molar refractivity (Wildman–Crippen MR) is 73.4 cm³/mol. The molecule has 0 fully saturated rings. The van der Waals surface area contributed by atoms with Gasteiger partial charge < -0.3 is 10.1 Å². The smallest absolute Gasteiger partial charge is 0.333 e. The Hall–Kier alpha value is -1.77. The molecule has 1 N–H and O–H groups in total. The summed E-state index contributed by atoms with van der Waals surface area (Å²) in [6.45, 7) is 5.05. The Labute approximate surface area is 108 Å². The summed E-state index contributed by atoms with van der Waals surface area (Å²) >= 11 is 0. The third-order valence-corrected chi connectivity index (χ3v) is 3.21. The first-order valence-corrected chi connectivity index (χ1v) is 6.44. The van der Waals surface area contributed by atoms with Gasteiger partial charge in [-0.05, 0) is 38.3 Å². The maximum absolute atomic E-state index is 11.9. The van der Waals surface area contributed by atoms with Crippen molar-refractivity contribution in [2.45, 2.75) is 26.7 Å². The Bertz CT molecular complexity index is 477. The molecule has 3 heteroatoms. The normalized spacial score (nSPS) is 17.2. The molecule has 1 aliphatic heterocycles. The number of fused-ring (bicyclic) bond motifs is 1. The van der Waals surface area contributed by atoms with E-state index < -0.39 is 0 Å². The molecule has 0 unspecified atom stereocenters. The Morgan fingerprint density at radius 2 is 2.17 bits per heavy atom. The molecule has 0 aliphatic carbocycles. The molecule has 18 heavy (non-hydrogen) atoms. The van der Waals surface area contributed by atoms with E-state index in [1.807, 2.05) is 26.0 Å². The van der Waals surface area contributed by atoms with Crippen molar-refractivity contribution in [3.05, 3.63) is 35.4 Å². The highest BCUT2D eigenvalue weighted by atomic mass is 16.5. The second-order valence-corrected chi connectivity index (χ2v) is 4.40. The molecule has 0 radical (unpaired) electrons. The topological polar surface area (TPSA) is 38.3 Å². The fourth-order valence-electron chi connectivity index (χ4n) is 2.28. The number of para-hydroxylation sites is 1. The lowest BCUT2D eigenvalue weighted by atomic mass is 9.96. The van der Waals surface area contributed by atoms with Crippen molar-refractivity contribution < 1.29 is 9.53 Å². The van der Waals surface area contributed by atoms with Crippen LogP contribution in [0.2, 0.25) is 0 Å². The standard InChI is InChI=1S/C15H19NO2/c1-3-18-15(17)11(2)12-8-6-10-16-14-9-5-4-7-13(12)14/h4-5,7,9,16H,3,6,8,10H2,1-2H3/b12-11-. The first-order chi connectivity index (χ1) is 8.74. The highest BCUT2D eigenvalue weighted by Gasteiger charge is 2.17. The highest BCUT2D eigenvalue weighted by Crippen LogP contribution is 2.32. The molecule has 0 saturated carbocycles. The van der Waals surface area contributed by atoms with Gasteiger partial charge in [-0.2, -0.15) is 0 Å². The Morgan fingerprint density at radius 1 is 1.39 bits per heavy atom. The van der Waals surface area contributed by atoms with Crippen LogP contribution < -0.4 is 5.32 Å². The number of ether oxygens (including phenoxy) is 1.